The van der Waals surface area contributed by atoms with Gasteiger partial charge >= 0.3 is 0 Å². The third-order valence-electron chi connectivity index (χ3n) is 2.28. The van der Waals surface area contributed by atoms with E-state index >= 15 is 0 Å². The standard InChI is InChI=1S/C13H8F3NO/c14-9-2-4-10(5-3-9)17-13(18)8-1-6-11(15)12(16)7-8/h1-7H,(H,17,18). The minimum absolute atomic E-state index is 0.0155. The van der Waals surface area contributed by atoms with Crippen LogP contribution in [0.25, 0.3) is 0 Å². The molecule has 0 saturated carbocycles. The van der Waals surface area contributed by atoms with E-state index in [1.54, 1.807) is 0 Å². The van der Waals surface area contributed by atoms with Crippen molar-refractivity contribution in [2.45, 2.75) is 0 Å². The molecule has 0 aromatic heterocycles. The maximum Gasteiger partial charge on any atom is 0.255 e. The highest BCUT2D eigenvalue weighted by Gasteiger charge is 2.09. The summed E-state index contributed by atoms with van der Waals surface area (Å²) in [6, 6.07) is 7.93. The van der Waals surface area contributed by atoms with Gasteiger partial charge in [-0.3, -0.25) is 4.79 Å². The number of hydrogen-bond donors (Lipinski definition) is 1. The Balaban J connectivity index is 2.16. The van der Waals surface area contributed by atoms with Crippen molar-refractivity contribution in [1.29, 1.82) is 0 Å². The molecule has 0 aliphatic carbocycles. The Hall–Kier alpha value is -2.30. The van der Waals surface area contributed by atoms with Crippen LogP contribution in [-0.2, 0) is 0 Å². The number of carbonyl (C=O) groups excluding carboxylic acids is 1. The fourth-order valence-corrected chi connectivity index (χ4v) is 1.37. The van der Waals surface area contributed by atoms with E-state index in [1.807, 2.05) is 0 Å². The first-order valence-corrected chi connectivity index (χ1v) is 5.08. The number of benzene rings is 2. The molecular formula is C13H8F3NO. The maximum absolute atomic E-state index is 12.9. The topological polar surface area (TPSA) is 29.1 Å². The van der Waals surface area contributed by atoms with Crippen LogP contribution in [0.3, 0.4) is 0 Å². The molecule has 0 radical (unpaired) electrons. The fraction of sp³-hybridized carbons (Fsp3) is 0. The van der Waals surface area contributed by atoms with E-state index in [0.717, 1.165) is 18.2 Å². The second-order valence-electron chi connectivity index (χ2n) is 3.59. The van der Waals surface area contributed by atoms with E-state index in [4.69, 9.17) is 0 Å². The molecule has 2 aromatic carbocycles. The summed E-state index contributed by atoms with van der Waals surface area (Å²) in [5, 5.41) is 2.44. The first kappa shape index (κ1) is 12.2. The number of nitrogens with one attached hydrogen (secondary N) is 1. The van der Waals surface area contributed by atoms with E-state index in [1.165, 1.54) is 24.3 Å². The highest BCUT2D eigenvalue weighted by atomic mass is 19.2. The minimum Gasteiger partial charge on any atom is -0.322 e. The van der Waals surface area contributed by atoms with Crippen LogP contribution in [0, 0.1) is 17.5 Å². The van der Waals surface area contributed by atoms with Gasteiger partial charge in [0.25, 0.3) is 5.91 Å². The summed E-state index contributed by atoms with van der Waals surface area (Å²) in [6.45, 7) is 0. The normalized spacial score (nSPS) is 10.2. The summed E-state index contributed by atoms with van der Waals surface area (Å²) in [5.41, 5.74) is 0.351. The molecule has 0 aliphatic rings. The predicted molar refractivity (Wildman–Crippen MR) is 60.7 cm³/mol. The molecule has 2 nitrogen and oxygen atoms in total. The molecule has 5 heteroatoms. The first-order valence-electron chi connectivity index (χ1n) is 5.08. The van der Waals surface area contributed by atoms with Crippen molar-refractivity contribution < 1.29 is 18.0 Å². The van der Waals surface area contributed by atoms with Gasteiger partial charge in [-0.2, -0.15) is 0 Å². The van der Waals surface area contributed by atoms with Crippen molar-refractivity contribution in [3.63, 3.8) is 0 Å². The monoisotopic (exact) mass is 251 g/mol. The van der Waals surface area contributed by atoms with Gasteiger partial charge in [-0.1, -0.05) is 0 Å². The Bertz CT molecular complexity index is 581. The zero-order valence-electron chi connectivity index (χ0n) is 9.08. The molecule has 0 atom stereocenters. The van der Waals surface area contributed by atoms with E-state index < -0.39 is 23.4 Å². The molecule has 1 amide bonds. The molecular weight excluding hydrogens is 243 g/mol. The van der Waals surface area contributed by atoms with E-state index in [2.05, 4.69) is 5.32 Å². The zero-order valence-corrected chi connectivity index (χ0v) is 9.08. The Labute approximate surface area is 101 Å². The molecule has 1 N–H and O–H groups in total. The molecule has 0 fully saturated rings. The van der Waals surface area contributed by atoms with Crippen molar-refractivity contribution in [3.05, 3.63) is 65.5 Å². The van der Waals surface area contributed by atoms with Crippen LogP contribution in [0.1, 0.15) is 10.4 Å². The smallest absolute Gasteiger partial charge is 0.255 e. The fourth-order valence-electron chi connectivity index (χ4n) is 1.37. The van der Waals surface area contributed by atoms with Crippen LogP contribution in [0.2, 0.25) is 0 Å². The summed E-state index contributed by atoms with van der Waals surface area (Å²) < 4.78 is 38.3. The van der Waals surface area contributed by atoms with Gasteiger partial charge in [0.1, 0.15) is 5.82 Å². The van der Waals surface area contributed by atoms with Gasteiger partial charge in [-0.25, -0.2) is 13.2 Å². The molecule has 2 aromatic rings. The van der Waals surface area contributed by atoms with Crippen LogP contribution in [-0.4, -0.2) is 5.91 Å². The third kappa shape index (κ3) is 2.68. The number of halogens is 3. The number of rotatable bonds is 2. The highest BCUT2D eigenvalue weighted by Crippen LogP contribution is 2.13. The van der Waals surface area contributed by atoms with E-state index in [-0.39, 0.29) is 5.56 Å². The van der Waals surface area contributed by atoms with Gasteiger partial charge in [0, 0.05) is 11.3 Å². The lowest BCUT2D eigenvalue weighted by atomic mass is 10.2. The second-order valence-corrected chi connectivity index (χ2v) is 3.59. The van der Waals surface area contributed by atoms with Crippen molar-refractivity contribution in [3.8, 4) is 0 Å². The summed E-state index contributed by atoms with van der Waals surface area (Å²) in [7, 11) is 0. The van der Waals surface area contributed by atoms with Gasteiger partial charge in [0.05, 0.1) is 0 Å². The molecule has 0 unspecified atom stereocenters. The molecule has 0 bridgehead atoms. The summed E-state index contributed by atoms with van der Waals surface area (Å²) >= 11 is 0. The van der Waals surface area contributed by atoms with Crippen molar-refractivity contribution in [1.82, 2.24) is 0 Å². The van der Waals surface area contributed by atoms with Gasteiger partial charge in [0.2, 0.25) is 0 Å². The number of anilines is 1. The molecule has 18 heavy (non-hydrogen) atoms. The molecule has 2 rings (SSSR count). The number of amides is 1. The third-order valence-corrected chi connectivity index (χ3v) is 2.28. The molecule has 0 aliphatic heterocycles. The largest absolute Gasteiger partial charge is 0.322 e. The molecule has 0 spiro atoms. The highest BCUT2D eigenvalue weighted by molar-refractivity contribution is 6.04. The average Bonchev–Trinajstić information content (AvgIpc) is 2.35. The molecule has 0 saturated heterocycles. The van der Waals surface area contributed by atoms with E-state index in [0.29, 0.717) is 5.69 Å². The Morgan fingerprint density at radius 1 is 0.889 bits per heavy atom. The van der Waals surface area contributed by atoms with Gasteiger partial charge in [-0.15, -0.1) is 0 Å². The van der Waals surface area contributed by atoms with Crippen LogP contribution >= 0.6 is 0 Å². The quantitative estimate of drug-likeness (QED) is 0.871. The van der Waals surface area contributed by atoms with Crippen LogP contribution in [0.15, 0.2) is 42.5 Å². The lowest BCUT2D eigenvalue weighted by molar-refractivity contribution is 0.102. The Kier molecular flexibility index (Phi) is 3.32. The first-order chi connectivity index (χ1) is 8.56. The minimum atomic E-state index is -1.10. The van der Waals surface area contributed by atoms with Gasteiger partial charge in [0.15, 0.2) is 11.6 Å². The number of carbonyl (C=O) groups is 1. The predicted octanol–water partition coefficient (Wildman–Crippen LogP) is 3.36. The van der Waals surface area contributed by atoms with Gasteiger partial charge in [-0.05, 0) is 42.5 Å². The lowest BCUT2D eigenvalue weighted by Gasteiger charge is -2.05. The lowest BCUT2D eigenvalue weighted by Crippen LogP contribution is -2.12. The Morgan fingerprint density at radius 3 is 2.17 bits per heavy atom. The molecule has 92 valence electrons. The van der Waals surface area contributed by atoms with Gasteiger partial charge < -0.3 is 5.32 Å². The van der Waals surface area contributed by atoms with Crippen molar-refractivity contribution >= 4 is 11.6 Å². The van der Waals surface area contributed by atoms with E-state index in [9.17, 15) is 18.0 Å². The molecule has 0 heterocycles. The van der Waals surface area contributed by atoms with Crippen molar-refractivity contribution in [2.24, 2.45) is 0 Å². The van der Waals surface area contributed by atoms with Crippen LogP contribution in [0.5, 0.6) is 0 Å². The van der Waals surface area contributed by atoms with Crippen LogP contribution in [0.4, 0.5) is 18.9 Å². The summed E-state index contributed by atoms with van der Waals surface area (Å²) in [5.74, 6) is -3.14. The SMILES string of the molecule is O=C(Nc1ccc(F)cc1)c1ccc(F)c(F)c1. The van der Waals surface area contributed by atoms with Crippen LogP contribution < -0.4 is 5.32 Å². The average molecular weight is 251 g/mol. The Morgan fingerprint density at radius 2 is 1.56 bits per heavy atom. The summed E-state index contributed by atoms with van der Waals surface area (Å²) in [6.07, 6.45) is 0. The maximum atomic E-state index is 12.9. The number of hydrogen-bond acceptors (Lipinski definition) is 1. The second kappa shape index (κ2) is 4.91. The zero-order chi connectivity index (χ0) is 13.1. The summed E-state index contributed by atoms with van der Waals surface area (Å²) in [4.78, 5) is 11.7. The van der Waals surface area contributed by atoms with Crippen molar-refractivity contribution in [2.75, 3.05) is 5.32 Å².